The Hall–Kier alpha value is -3.27. The number of benzene rings is 3. The summed E-state index contributed by atoms with van der Waals surface area (Å²) in [5, 5.41) is 10.0. The van der Waals surface area contributed by atoms with Gasteiger partial charge in [0.05, 0.1) is 0 Å². The molecule has 0 saturated carbocycles. The molecule has 4 heteroatoms. The minimum absolute atomic E-state index is 0.0128. The van der Waals surface area contributed by atoms with Crippen LogP contribution in [0.4, 0.5) is 0 Å². The van der Waals surface area contributed by atoms with Crippen molar-refractivity contribution in [1.82, 2.24) is 0 Å². The Labute approximate surface area is 152 Å². The summed E-state index contributed by atoms with van der Waals surface area (Å²) in [5.41, 5.74) is 2.27. The van der Waals surface area contributed by atoms with Crippen molar-refractivity contribution in [3.63, 3.8) is 0 Å². The Balaban J connectivity index is 1.84. The van der Waals surface area contributed by atoms with Crippen LogP contribution in [0.2, 0.25) is 0 Å². The molecule has 0 atom stereocenters. The van der Waals surface area contributed by atoms with Crippen LogP contribution in [0.25, 0.3) is 0 Å². The second-order valence-electron chi connectivity index (χ2n) is 5.92. The lowest BCUT2D eigenvalue weighted by Gasteiger charge is -2.15. The third-order valence-electron chi connectivity index (χ3n) is 3.88. The molecule has 0 aliphatic heterocycles. The van der Waals surface area contributed by atoms with Crippen LogP contribution < -0.4 is 9.47 Å². The highest BCUT2D eigenvalue weighted by Gasteiger charge is 2.18. The predicted octanol–water partition coefficient (Wildman–Crippen LogP) is 4.75. The molecule has 0 saturated heterocycles. The summed E-state index contributed by atoms with van der Waals surface area (Å²) in [6, 6.07) is 22.1. The third-order valence-corrected chi connectivity index (χ3v) is 3.88. The summed E-state index contributed by atoms with van der Waals surface area (Å²) in [6.45, 7) is 2.04. The first kappa shape index (κ1) is 17.5. The average Bonchev–Trinajstić information content (AvgIpc) is 2.65. The summed E-state index contributed by atoms with van der Waals surface area (Å²) in [7, 11) is 0. The zero-order valence-electron chi connectivity index (χ0n) is 14.5. The maximum atomic E-state index is 12.2. The first-order valence-corrected chi connectivity index (χ1v) is 8.35. The minimum atomic E-state index is -0.184. The van der Waals surface area contributed by atoms with Gasteiger partial charge in [0.15, 0.2) is 5.78 Å². The van der Waals surface area contributed by atoms with Gasteiger partial charge < -0.3 is 14.6 Å². The molecule has 0 aliphatic carbocycles. The summed E-state index contributed by atoms with van der Waals surface area (Å²) in [4.78, 5) is 12.2. The molecule has 26 heavy (non-hydrogen) atoms. The third kappa shape index (κ3) is 4.42. The van der Waals surface area contributed by atoms with Gasteiger partial charge in [-0.05, 0) is 18.1 Å². The van der Waals surface area contributed by atoms with E-state index in [0.717, 1.165) is 11.1 Å². The number of hydrogen-bond acceptors (Lipinski definition) is 4. The van der Waals surface area contributed by atoms with E-state index in [0.29, 0.717) is 30.3 Å². The average molecular weight is 348 g/mol. The van der Waals surface area contributed by atoms with E-state index in [9.17, 15) is 9.90 Å². The number of Topliss-reactive ketones (excluding diaryl/α,β-unsaturated/α-hetero) is 1. The van der Waals surface area contributed by atoms with Crippen molar-refractivity contribution in [2.45, 2.75) is 20.1 Å². The summed E-state index contributed by atoms with van der Waals surface area (Å²) >= 11 is 0. The molecule has 0 radical (unpaired) electrons. The topological polar surface area (TPSA) is 55.8 Å². The molecule has 3 aromatic rings. The van der Waals surface area contributed by atoms with Crippen molar-refractivity contribution in [2.75, 3.05) is 0 Å². The van der Waals surface area contributed by atoms with Crippen LogP contribution in [0.1, 0.15) is 28.4 Å². The number of ether oxygens (including phenoxy) is 2. The summed E-state index contributed by atoms with van der Waals surface area (Å²) in [5.74, 6) is 0.422. The van der Waals surface area contributed by atoms with E-state index >= 15 is 0 Å². The fraction of sp³-hybridized carbons (Fsp3) is 0.136. The van der Waals surface area contributed by atoms with Crippen LogP contribution in [0.15, 0.2) is 72.8 Å². The fourth-order valence-electron chi connectivity index (χ4n) is 2.62. The Bertz CT molecular complexity index is 809. The normalized spacial score (nSPS) is 10.3. The van der Waals surface area contributed by atoms with Crippen molar-refractivity contribution < 1.29 is 19.4 Å². The van der Waals surface area contributed by atoms with E-state index in [1.54, 1.807) is 0 Å². The van der Waals surface area contributed by atoms with E-state index < -0.39 is 0 Å². The lowest BCUT2D eigenvalue weighted by Crippen LogP contribution is -2.06. The van der Waals surface area contributed by atoms with E-state index in [1.165, 1.54) is 19.1 Å². The van der Waals surface area contributed by atoms with Crippen molar-refractivity contribution >= 4 is 5.78 Å². The van der Waals surface area contributed by atoms with E-state index in [1.807, 2.05) is 60.7 Å². The minimum Gasteiger partial charge on any atom is -0.508 e. The van der Waals surface area contributed by atoms with Crippen molar-refractivity contribution in [2.24, 2.45) is 0 Å². The quantitative estimate of drug-likeness (QED) is 0.626. The SMILES string of the molecule is CC(=O)c1c(OCc2ccccc2)cc(O)cc1OCc1ccccc1. The van der Waals surface area contributed by atoms with Gasteiger partial charge in [-0.15, -0.1) is 0 Å². The second-order valence-corrected chi connectivity index (χ2v) is 5.92. The van der Waals surface area contributed by atoms with Gasteiger partial charge >= 0.3 is 0 Å². The van der Waals surface area contributed by atoms with Crippen molar-refractivity contribution in [3.8, 4) is 17.2 Å². The van der Waals surface area contributed by atoms with Crippen molar-refractivity contribution in [1.29, 1.82) is 0 Å². The first-order chi connectivity index (χ1) is 12.6. The number of rotatable bonds is 7. The number of phenols is 1. The summed E-state index contributed by atoms with van der Waals surface area (Å²) in [6.07, 6.45) is 0. The van der Waals surface area contributed by atoms with Gasteiger partial charge in [0.1, 0.15) is 36.0 Å². The maximum absolute atomic E-state index is 12.2. The number of carbonyl (C=O) groups excluding carboxylic acids is 1. The molecule has 0 aliphatic rings. The number of hydrogen-bond donors (Lipinski definition) is 1. The van der Waals surface area contributed by atoms with Gasteiger partial charge in [-0.25, -0.2) is 0 Å². The van der Waals surface area contributed by atoms with E-state index in [-0.39, 0.29) is 11.5 Å². The van der Waals surface area contributed by atoms with Crippen LogP contribution in [0.3, 0.4) is 0 Å². The van der Waals surface area contributed by atoms with Crippen LogP contribution in [-0.4, -0.2) is 10.9 Å². The Morgan fingerprint density at radius 3 is 1.62 bits per heavy atom. The van der Waals surface area contributed by atoms with Crippen LogP contribution in [0, 0.1) is 0 Å². The Morgan fingerprint density at radius 2 is 1.23 bits per heavy atom. The molecule has 132 valence electrons. The molecule has 0 bridgehead atoms. The highest BCUT2D eigenvalue weighted by molar-refractivity contribution is 6.00. The molecule has 1 N–H and O–H groups in total. The number of phenolic OH excluding ortho intramolecular Hbond substituents is 1. The lowest BCUT2D eigenvalue weighted by atomic mass is 10.1. The van der Waals surface area contributed by atoms with E-state index in [2.05, 4.69) is 0 Å². The highest BCUT2D eigenvalue weighted by atomic mass is 16.5. The standard InChI is InChI=1S/C22H20O4/c1-16(23)22-20(25-14-17-8-4-2-5-9-17)12-19(24)13-21(22)26-15-18-10-6-3-7-11-18/h2-13,24H,14-15H2,1H3. The Kier molecular flexibility index (Phi) is 5.54. The van der Waals surface area contributed by atoms with Gasteiger partial charge in [0.25, 0.3) is 0 Å². The molecular formula is C22H20O4. The number of carbonyl (C=O) groups is 1. The molecule has 0 aromatic heterocycles. The maximum Gasteiger partial charge on any atom is 0.167 e. The Morgan fingerprint density at radius 1 is 0.808 bits per heavy atom. The largest absolute Gasteiger partial charge is 0.508 e. The molecule has 0 fully saturated rings. The molecule has 0 amide bonds. The number of ketones is 1. The molecule has 4 nitrogen and oxygen atoms in total. The highest BCUT2D eigenvalue weighted by Crippen LogP contribution is 2.35. The van der Waals surface area contributed by atoms with Crippen molar-refractivity contribution in [3.05, 3.63) is 89.5 Å². The monoisotopic (exact) mass is 348 g/mol. The predicted molar refractivity (Wildman–Crippen MR) is 99.7 cm³/mol. The van der Waals surface area contributed by atoms with Crippen LogP contribution >= 0.6 is 0 Å². The molecule has 0 heterocycles. The van der Waals surface area contributed by atoms with E-state index in [4.69, 9.17) is 9.47 Å². The summed E-state index contributed by atoms with van der Waals surface area (Å²) < 4.78 is 11.6. The molecule has 3 aromatic carbocycles. The molecule has 0 unspecified atom stereocenters. The van der Waals surface area contributed by atoms with Crippen LogP contribution in [-0.2, 0) is 13.2 Å². The second kappa shape index (κ2) is 8.21. The molecule has 0 spiro atoms. The van der Waals surface area contributed by atoms with Gasteiger partial charge in [-0.3, -0.25) is 4.79 Å². The van der Waals surface area contributed by atoms with Gasteiger partial charge in [-0.1, -0.05) is 60.7 Å². The smallest absolute Gasteiger partial charge is 0.167 e. The van der Waals surface area contributed by atoms with Gasteiger partial charge in [0.2, 0.25) is 0 Å². The zero-order chi connectivity index (χ0) is 18.4. The fourth-order valence-corrected chi connectivity index (χ4v) is 2.62. The molecule has 3 rings (SSSR count). The van der Waals surface area contributed by atoms with Gasteiger partial charge in [-0.2, -0.15) is 0 Å². The van der Waals surface area contributed by atoms with Gasteiger partial charge in [0, 0.05) is 12.1 Å². The first-order valence-electron chi connectivity index (χ1n) is 8.35. The molecular weight excluding hydrogens is 328 g/mol. The lowest BCUT2D eigenvalue weighted by molar-refractivity contribution is 0.100. The van der Waals surface area contributed by atoms with Crippen LogP contribution in [0.5, 0.6) is 17.2 Å². The zero-order valence-corrected chi connectivity index (χ0v) is 14.5. The number of aromatic hydroxyl groups is 1.